The molecule has 1 aliphatic rings. The Morgan fingerprint density at radius 1 is 1.28 bits per heavy atom. The molecule has 25 heavy (non-hydrogen) atoms. The van der Waals surface area contributed by atoms with E-state index in [2.05, 4.69) is 5.32 Å². The summed E-state index contributed by atoms with van der Waals surface area (Å²) in [4.78, 5) is 27.2. The number of nitrogens with zero attached hydrogens (tertiary/aromatic N) is 1. The van der Waals surface area contributed by atoms with Gasteiger partial charge in [-0.25, -0.2) is 8.42 Å². The van der Waals surface area contributed by atoms with Crippen LogP contribution in [0.5, 0.6) is 0 Å². The van der Waals surface area contributed by atoms with E-state index in [-0.39, 0.29) is 23.5 Å². The molecule has 138 valence electrons. The first-order valence-electron chi connectivity index (χ1n) is 8.47. The zero-order valence-corrected chi connectivity index (χ0v) is 16.0. The fourth-order valence-corrected chi connectivity index (χ4v) is 4.77. The Bertz CT molecular complexity index is 771. The highest BCUT2D eigenvalue weighted by atomic mass is 32.2. The molecule has 1 fully saturated rings. The zero-order chi connectivity index (χ0) is 18.8. The Balaban J connectivity index is 2.17. The van der Waals surface area contributed by atoms with Gasteiger partial charge in [-0.05, 0) is 45.7 Å². The van der Waals surface area contributed by atoms with Crippen molar-refractivity contribution in [2.45, 2.75) is 40.2 Å². The second-order valence-electron chi connectivity index (χ2n) is 7.04. The quantitative estimate of drug-likeness (QED) is 0.808. The fourth-order valence-electron chi connectivity index (χ4n) is 3.04. The normalized spacial score (nSPS) is 19.4. The average molecular weight is 366 g/mol. The molecule has 2 rings (SSSR count). The van der Waals surface area contributed by atoms with Gasteiger partial charge in [0.05, 0.1) is 11.5 Å². The molecule has 1 aliphatic heterocycles. The largest absolute Gasteiger partial charge is 0.338 e. The zero-order valence-electron chi connectivity index (χ0n) is 15.2. The summed E-state index contributed by atoms with van der Waals surface area (Å²) in [7, 11) is -3.10. The van der Waals surface area contributed by atoms with E-state index < -0.39 is 21.2 Å². The van der Waals surface area contributed by atoms with Crippen molar-refractivity contribution in [2.75, 3.05) is 23.4 Å². The lowest BCUT2D eigenvalue weighted by Gasteiger charge is -2.34. The number of rotatable bonds is 5. The van der Waals surface area contributed by atoms with E-state index in [4.69, 9.17) is 0 Å². The van der Waals surface area contributed by atoms with Crippen LogP contribution >= 0.6 is 0 Å². The van der Waals surface area contributed by atoms with Crippen molar-refractivity contribution in [1.29, 1.82) is 0 Å². The third-order valence-electron chi connectivity index (χ3n) is 4.75. The summed E-state index contributed by atoms with van der Waals surface area (Å²) in [5.74, 6) is -0.673. The molecule has 1 atom stereocenters. The van der Waals surface area contributed by atoms with Crippen molar-refractivity contribution in [3.05, 3.63) is 29.8 Å². The monoisotopic (exact) mass is 366 g/mol. The fraction of sp³-hybridized carbons (Fsp3) is 0.556. The number of sulfone groups is 1. The number of carbonyl (C=O) groups is 2. The molecule has 1 heterocycles. The van der Waals surface area contributed by atoms with Crippen LogP contribution in [0.15, 0.2) is 24.3 Å². The van der Waals surface area contributed by atoms with Crippen molar-refractivity contribution >= 4 is 27.3 Å². The van der Waals surface area contributed by atoms with E-state index in [1.165, 1.54) is 4.90 Å². The summed E-state index contributed by atoms with van der Waals surface area (Å²) in [5.41, 5.74) is 0.290. The summed E-state index contributed by atoms with van der Waals surface area (Å²) in [5, 5.41) is 2.81. The molecule has 1 saturated heterocycles. The maximum absolute atomic E-state index is 13.0. The second kappa shape index (κ2) is 7.15. The van der Waals surface area contributed by atoms with Gasteiger partial charge in [-0.15, -0.1) is 0 Å². The summed E-state index contributed by atoms with van der Waals surface area (Å²) < 4.78 is 23.5. The predicted octanol–water partition coefficient (Wildman–Crippen LogP) is 2.00. The molecule has 0 spiro atoms. The maximum Gasteiger partial charge on any atom is 0.239 e. The third kappa shape index (κ3) is 4.21. The number of hydrogen-bond acceptors (Lipinski definition) is 4. The highest BCUT2D eigenvalue weighted by Gasteiger charge is 2.43. The van der Waals surface area contributed by atoms with Crippen LogP contribution in [0, 0.1) is 12.3 Å². The molecule has 1 unspecified atom stereocenters. The van der Waals surface area contributed by atoms with Gasteiger partial charge in [0.2, 0.25) is 11.8 Å². The van der Waals surface area contributed by atoms with Gasteiger partial charge in [0.25, 0.3) is 0 Å². The van der Waals surface area contributed by atoms with Gasteiger partial charge in [0.15, 0.2) is 9.84 Å². The minimum Gasteiger partial charge on any atom is -0.338 e. The van der Waals surface area contributed by atoms with Crippen molar-refractivity contribution < 1.29 is 18.0 Å². The number of hydrogen-bond donors (Lipinski definition) is 1. The van der Waals surface area contributed by atoms with Crippen LogP contribution in [0.3, 0.4) is 0 Å². The van der Waals surface area contributed by atoms with Crippen LogP contribution in [0.4, 0.5) is 5.69 Å². The first-order valence-corrected chi connectivity index (χ1v) is 10.3. The summed E-state index contributed by atoms with van der Waals surface area (Å²) in [6.07, 6.45) is 0.428. The molecule has 0 aliphatic carbocycles. The van der Waals surface area contributed by atoms with Crippen molar-refractivity contribution in [3.8, 4) is 0 Å². The van der Waals surface area contributed by atoms with Crippen LogP contribution in [0.2, 0.25) is 0 Å². The van der Waals surface area contributed by atoms with Gasteiger partial charge >= 0.3 is 0 Å². The summed E-state index contributed by atoms with van der Waals surface area (Å²) >= 11 is 0. The van der Waals surface area contributed by atoms with Gasteiger partial charge in [-0.3, -0.25) is 9.59 Å². The summed E-state index contributed by atoms with van der Waals surface area (Å²) in [6, 6.07) is 7.01. The Morgan fingerprint density at radius 2 is 1.92 bits per heavy atom. The average Bonchev–Trinajstić information content (AvgIpc) is 2.90. The van der Waals surface area contributed by atoms with Gasteiger partial charge in [-0.1, -0.05) is 18.2 Å². The van der Waals surface area contributed by atoms with Crippen LogP contribution in [0.25, 0.3) is 0 Å². The highest BCUT2D eigenvalue weighted by molar-refractivity contribution is 7.91. The first-order chi connectivity index (χ1) is 11.6. The van der Waals surface area contributed by atoms with E-state index in [0.717, 1.165) is 5.56 Å². The first kappa shape index (κ1) is 19.4. The molecule has 0 bridgehead atoms. The number of aryl methyl sites for hydroxylation is 1. The molecule has 1 aromatic rings. The molecule has 0 saturated carbocycles. The lowest BCUT2D eigenvalue weighted by molar-refractivity contribution is -0.147. The van der Waals surface area contributed by atoms with E-state index in [9.17, 15) is 18.0 Å². The number of nitrogens with one attached hydrogen (secondary N) is 1. The van der Waals surface area contributed by atoms with E-state index in [0.29, 0.717) is 18.7 Å². The van der Waals surface area contributed by atoms with Gasteiger partial charge in [-0.2, -0.15) is 0 Å². The minimum absolute atomic E-state index is 0.0257. The molecule has 0 radical (unpaired) electrons. The van der Waals surface area contributed by atoms with Crippen molar-refractivity contribution in [2.24, 2.45) is 5.41 Å². The smallest absolute Gasteiger partial charge is 0.239 e. The number of benzene rings is 1. The van der Waals surface area contributed by atoms with Crippen molar-refractivity contribution in [3.63, 3.8) is 0 Å². The predicted molar refractivity (Wildman–Crippen MR) is 98.0 cm³/mol. The lowest BCUT2D eigenvalue weighted by Crippen LogP contribution is -2.51. The Labute approximate surface area is 149 Å². The molecule has 1 aromatic carbocycles. The van der Waals surface area contributed by atoms with E-state index in [1.54, 1.807) is 26.8 Å². The second-order valence-corrected chi connectivity index (χ2v) is 9.27. The van der Waals surface area contributed by atoms with Gasteiger partial charge in [0.1, 0.15) is 5.41 Å². The molecule has 2 amide bonds. The Hall–Kier alpha value is -1.89. The standard InChI is InChI=1S/C18H26N2O4S/c1-5-20(14-10-11-25(23,24)12-14)17(22)18(3,4)16(21)19-15-9-7-6-8-13(15)2/h6-9,14H,5,10-12H2,1-4H3,(H,19,21). The Morgan fingerprint density at radius 3 is 2.44 bits per heavy atom. The van der Waals surface area contributed by atoms with Crippen LogP contribution in [0.1, 0.15) is 32.8 Å². The van der Waals surface area contributed by atoms with Gasteiger partial charge in [0, 0.05) is 18.3 Å². The molecule has 6 nitrogen and oxygen atoms in total. The number of carbonyl (C=O) groups excluding carboxylic acids is 2. The highest BCUT2D eigenvalue weighted by Crippen LogP contribution is 2.27. The SMILES string of the molecule is CCN(C(=O)C(C)(C)C(=O)Nc1ccccc1C)C1CCS(=O)(=O)C1. The van der Waals surface area contributed by atoms with Gasteiger partial charge < -0.3 is 10.2 Å². The lowest BCUT2D eigenvalue weighted by atomic mass is 9.89. The Kier molecular flexibility index (Phi) is 5.56. The topological polar surface area (TPSA) is 83.6 Å². The van der Waals surface area contributed by atoms with E-state index >= 15 is 0 Å². The van der Waals surface area contributed by atoms with Crippen molar-refractivity contribution in [1.82, 2.24) is 4.90 Å². The van der Waals surface area contributed by atoms with Crippen LogP contribution in [-0.4, -0.2) is 49.2 Å². The van der Waals surface area contributed by atoms with Crippen LogP contribution in [-0.2, 0) is 19.4 Å². The minimum atomic E-state index is -3.10. The number of anilines is 1. The third-order valence-corrected chi connectivity index (χ3v) is 6.50. The van der Waals surface area contributed by atoms with E-state index in [1.807, 2.05) is 25.1 Å². The number of amides is 2. The molecule has 1 N–H and O–H groups in total. The maximum atomic E-state index is 13.0. The molecular formula is C18H26N2O4S. The molecule has 0 aromatic heterocycles. The molecular weight excluding hydrogens is 340 g/mol. The summed E-state index contributed by atoms with van der Waals surface area (Å²) in [6.45, 7) is 7.22. The molecule has 7 heteroatoms. The number of para-hydroxylation sites is 1. The van der Waals surface area contributed by atoms with Crippen LogP contribution < -0.4 is 5.32 Å².